The highest BCUT2D eigenvalue weighted by Crippen LogP contribution is 2.17. The number of ether oxygens (including phenoxy) is 2. The predicted octanol–water partition coefficient (Wildman–Crippen LogP) is 4.03. The quantitative estimate of drug-likeness (QED) is 0.612. The molecular weight excluding hydrogens is 316 g/mol. The van der Waals surface area contributed by atoms with Gasteiger partial charge in [0.1, 0.15) is 23.1 Å². The monoisotopic (exact) mass is 336 g/mol. The van der Waals surface area contributed by atoms with Crippen LogP contribution < -0.4 is 14.8 Å². The second-order valence-corrected chi connectivity index (χ2v) is 5.27. The van der Waals surface area contributed by atoms with Crippen molar-refractivity contribution in [3.63, 3.8) is 0 Å². The molecule has 2 aromatic carbocycles. The molecule has 0 aliphatic heterocycles. The van der Waals surface area contributed by atoms with Crippen LogP contribution in [0, 0.1) is 11.3 Å². The average molecular weight is 336 g/mol. The summed E-state index contributed by atoms with van der Waals surface area (Å²) in [6.45, 7) is 2.70. The molecule has 1 N–H and O–H groups in total. The minimum atomic E-state index is -0.459. The molecule has 2 rings (SSSR count). The summed E-state index contributed by atoms with van der Waals surface area (Å²) in [6, 6.07) is 16.1. The summed E-state index contributed by atoms with van der Waals surface area (Å²) in [5.74, 6) is 0.999. The number of carbonyl (C=O) groups is 1. The first-order chi connectivity index (χ1) is 12.2. The van der Waals surface area contributed by atoms with Gasteiger partial charge in [0.15, 0.2) is 0 Å². The number of nitriles is 1. The van der Waals surface area contributed by atoms with Gasteiger partial charge in [-0.2, -0.15) is 5.26 Å². The van der Waals surface area contributed by atoms with Crippen molar-refractivity contribution in [1.82, 2.24) is 0 Å². The van der Waals surface area contributed by atoms with Crippen LogP contribution in [0.2, 0.25) is 0 Å². The highest BCUT2D eigenvalue weighted by atomic mass is 16.5. The number of nitrogens with zero attached hydrogens (tertiary/aromatic N) is 1. The number of carbonyl (C=O) groups excluding carboxylic acids is 1. The lowest BCUT2D eigenvalue weighted by atomic mass is 10.1. The molecule has 0 aromatic heterocycles. The number of amides is 1. The maximum absolute atomic E-state index is 12.3. The van der Waals surface area contributed by atoms with Crippen LogP contribution in [-0.2, 0) is 4.79 Å². The molecule has 128 valence electrons. The molecule has 0 unspecified atom stereocenters. The SMILES string of the molecule is CCCOc1ccc(/C=C(\C#N)C(=O)Nc2ccc(OC)cc2)cc1. The molecule has 0 saturated heterocycles. The van der Waals surface area contributed by atoms with E-state index >= 15 is 0 Å². The summed E-state index contributed by atoms with van der Waals surface area (Å²) in [7, 11) is 1.57. The summed E-state index contributed by atoms with van der Waals surface area (Å²) >= 11 is 0. The number of methoxy groups -OCH3 is 1. The van der Waals surface area contributed by atoms with E-state index in [0.717, 1.165) is 17.7 Å². The van der Waals surface area contributed by atoms with Crippen LogP contribution >= 0.6 is 0 Å². The van der Waals surface area contributed by atoms with Gasteiger partial charge in [0, 0.05) is 5.69 Å². The topological polar surface area (TPSA) is 71.3 Å². The summed E-state index contributed by atoms with van der Waals surface area (Å²) < 4.78 is 10.6. The Hall–Kier alpha value is -3.26. The summed E-state index contributed by atoms with van der Waals surface area (Å²) in [4.78, 5) is 12.3. The van der Waals surface area contributed by atoms with Crippen molar-refractivity contribution in [1.29, 1.82) is 5.26 Å². The van der Waals surface area contributed by atoms with Crippen molar-refractivity contribution in [2.75, 3.05) is 19.0 Å². The largest absolute Gasteiger partial charge is 0.497 e. The second-order valence-electron chi connectivity index (χ2n) is 5.27. The fourth-order valence-electron chi connectivity index (χ4n) is 2.07. The first-order valence-corrected chi connectivity index (χ1v) is 7.96. The van der Waals surface area contributed by atoms with Crippen molar-refractivity contribution >= 4 is 17.7 Å². The lowest BCUT2D eigenvalue weighted by Crippen LogP contribution is -2.13. The van der Waals surface area contributed by atoms with Crippen LogP contribution in [0.1, 0.15) is 18.9 Å². The van der Waals surface area contributed by atoms with Crippen LogP contribution in [0.4, 0.5) is 5.69 Å². The number of benzene rings is 2. The molecule has 0 bridgehead atoms. The van der Waals surface area contributed by atoms with Gasteiger partial charge in [-0.3, -0.25) is 4.79 Å². The van der Waals surface area contributed by atoms with E-state index in [1.165, 1.54) is 0 Å². The van der Waals surface area contributed by atoms with Gasteiger partial charge in [-0.05, 0) is 54.5 Å². The van der Waals surface area contributed by atoms with E-state index in [2.05, 4.69) is 5.32 Å². The number of hydrogen-bond acceptors (Lipinski definition) is 4. The zero-order valence-corrected chi connectivity index (χ0v) is 14.3. The van der Waals surface area contributed by atoms with Crippen molar-refractivity contribution in [2.45, 2.75) is 13.3 Å². The van der Waals surface area contributed by atoms with Crippen LogP contribution in [0.25, 0.3) is 6.08 Å². The molecule has 5 nitrogen and oxygen atoms in total. The first-order valence-electron chi connectivity index (χ1n) is 7.96. The lowest BCUT2D eigenvalue weighted by Gasteiger charge is -2.06. The van der Waals surface area contributed by atoms with Crippen molar-refractivity contribution in [3.8, 4) is 17.6 Å². The molecule has 0 spiro atoms. The predicted molar refractivity (Wildman–Crippen MR) is 97.4 cm³/mol. The zero-order chi connectivity index (χ0) is 18.1. The lowest BCUT2D eigenvalue weighted by molar-refractivity contribution is -0.112. The van der Waals surface area contributed by atoms with E-state index in [0.29, 0.717) is 18.0 Å². The Morgan fingerprint density at radius 1 is 1.12 bits per heavy atom. The number of rotatable bonds is 7. The van der Waals surface area contributed by atoms with Gasteiger partial charge in [0.25, 0.3) is 5.91 Å². The molecule has 0 heterocycles. The normalized spacial score (nSPS) is 10.7. The van der Waals surface area contributed by atoms with E-state index in [-0.39, 0.29) is 5.57 Å². The van der Waals surface area contributed by atoms with Gasteiger partial charge in [0.2, 0.25) is 0 Å². The van der Waals surface area contributed by atoms with Crippen LogP contribution in [0.15, 0.2) is 54.1 Å². The van der Waals surface area contributed by atoms with Gasteiger partial charge < -0.3 is 14.8 Å². The second kappa shape index (κ2) is 9.14. The molecule has 5 heteroatoms. The van der Waals surface area contributed by atoms with Gasteiger partial charge in [-0.25, -0.2) is 0 Å². The van der Waals surface area contributed by atoms with Gasteiger partial charge in [0.05, 0.1) is 13.7 Å². The minimum Gasteiger partial charge on any atom is -0.497 e. The summed E-state index contributed by atoms with van der Waals surface area (Å²) in [6.07, 6.45) is 2.48. The maximum atomic E-state index is 12.3. The summed E-state index contributed by atoms with van der Waals surface area (Å²) in [5, 5.41) is 12.0. The molecule has 1 amide bonds. The molecule has 0 radical (unpaired) electrons. The smallest absolute Gasteiger partial charge is 0.266 e. The van der Waals surface area contributed by atoms with Crippen LogP contribution in [0.5, 0.6) is 11.5 Å². The summed E-state index contributed by atoms with van der Waals surface area (Å²) in [5.41, 5.74) is 1.37. The number of nitrogens with one attached hydrogen (secondary N) is 1. The van der Waals surface area contributed by atoms with E-state index in [1.54, 1.807) is 37.5 Å². The number of hydrogen-bond donors (Lipinski definition) is 1. The third-order valence-corrected chi connectivity index (χ3v) is 3.38. The Labute approximate surface area is 147 Å². The van der Waals surface area contributed by atoms with Gasteiger partial charge >= 0.3 is 0 Å². The molecular formula is C20H20N2O3. The van der Waals surface area contributed by atoms with Crippen molar-refractivity contribution < 1.29 is 14.3 Å². The molecule has 2 aromatic rings. The Morgan fingerprint density at radius 3 is 2.32 bits per heavy atom. The average Bonchev–Trinajstić information content (AvgIpc) is 2.65. The van der Waals surface area contributed by atoms with Gasteiger partial charge in [-0.15, -0.1) is 0 Å². The van der Waals surface area contributed by atoms with Crippen LogP contribution in [0.3, 0.4) is 0 Å². The molecule has 0 atom stereocenters. The van der Waals surface area contributed by atoms with Crippen molar-refractivity contribution in [3.05, 3.63) is 59.7 Å². The fraction of sp³-hybridized carbons (Fsp3) is 0.200. The van der Waals surface area contributed by atoms with E-state index in [4.69, 9.17) is 9.47 Å². The Bertz CT molecular complexity index is 772. The number of anilines is 1. The van der Waals surface area contributed by atoms with E-state index < -0.39 is 5.91 Å². The zero-order valence-electron chi connectivity index (χ0n) is 14.3. The maximum Gasteiger partial charge on any atom is 0.266 e. The Balaban J connectivity index is 2.07. The molecule has 25 heavy (non-hydrogen) atoms. The standard InChI is InChI=1S/C20H20N2O3/c1-3-12-25-19-8-4-15(5-9-19)13-16(14-21)20(23)22-17-6-10-18(24-2)11-7-17/h4-11,13H,3,12H2,1-2H3,(H,22,23)/b16-13+. The molecule has 0 aliphatic carbocycles. The highest BCUT2D eigenvalue weighted by Gasteiger charge is 2.09. The van der Waals surface area contributed by atoms with E-state index in [1.807, 2.05) is 37.3 Å². The molecule has 0 aliphatic rings. The molecule has 0 fully saturated rings. The van der Waals surface area contributed by atoms with E-state index in [9.17, 15) is 10.1 Å². The minimum absolute atomic E-state index is 0.0260. The van der Waals surface area contributed by atoms with Crippen LogP contribution in [-0.4, -0.2) is 19.6 Å². The highest BCUT2D eigenvalue weighted by molar-refractivity contribution is 6.09. The Morgan fingerprint density at radius 2 is 1.76 bits per heavy atom. The van der Waals surface area contributed by atoms with Crippen molar-refractivity contribution in [2.24, 2.45) is 0 Å². The first kappa shape index (κ1) is 18.1. The third-order valence-electron chi connectivity index (χ3n) is 3.38. The third kappa shape index (κ3) is 5.40. The molecule has 0 saturated carbocycles. The van der Waals surface area contributed by atoms with Gasteiger partial charge in [-0.1, -0.05) is 19.1 Å². The fourth-order valence-corrected chi connectivity index (χ4v) is 2.07. The Kier molecular flexibility index (Phi) is 6.61.